The van der Waals surface area contributed by atoms with Gasteiger partial charge in [0.1, 0.15) is 33.5 Å². The lowest BCUT2D eigenvalue weighted by atomic mass is 9.98. The first-order valence-electron chi connectivity index (χ1n) is 19.6. The average Bonchev–Trinajstić information content (AvgIpc) is 3.99. The second-order valence-corrected chi connectivity index (χ2v) is 14.8. The zero-order valence-corrected chi connectivity index (χ0v) is 31.2. The molecular weight excluding hydrogens is 711 g/mol. The molecular formula is C54H33NO3. The monoisotopic (exact) mass is 743 g/mol. The van der Waals surface area contributed by atoms with E-state index in [4.69, 9.17) is 13.3 Å². The molecule has 58 heavy (non-hydrogen) atoms. The van der Waals surface area contributed by atoms with Crippen LogP contribution in [0.3, 0.4) is 0 Å². The molecule has 9 aromatic carbocycles. The molecule has 0 aliphatic carbocycles. The molecule has 0 aliphatic heterocycles. The normalized spacial score (nSPS) is 11.8. The Kier molecular flexibility index (Phi) is 7.20. The third kappa shape index (κ3) is 5.09. The van der Waals surface area contributed by atoms with Gasteiger partial charge in [0.2, 0.25) is 0 Å². The number of fused-ring (bicyclic) bond motifs is 9. The molecule has 3 heterocycles. The number of hydrogen-bond donors (Lipinski definition) is 0. The number of benzene rings is 9. The summed E-state index contributed by atoms with van der Waals surface area (Å²) in [6.07, 6.45) is 0. The highest BCUT2D eigenvalue weighted by atomic mass is 16.3. The Labute approximate surface area is 333 Å². The molecule has 0 bridgehead atoms. The maximum absolute atomic E-state index is 6.49. The van der Waals surface area contributed by atoms with Crippen LogP contribution in [0.25, 0.3) is 99.2 Å². The van der Waals surface area contributed by atoms with Crippen molar-refractivity contribution in [1.82, 2.24) is 0 Å². The lowest BCUT2D eigenvalue weighted by Gasteiger charge is -2.26. The zero-order chi connectivity index (χ0) is 38.2. The fourth-order valence-electron chi connectivity index (χ4n) is 8.80. The molecule has 0 saturated carbocycles. The molecule has 0 spiro atoms. The van der Waals surface area contributed by atoms with Crippen molar-refractivity contribution in [3.05, 3.63) is 200 Å². The summed E-state index contributed by atoms with van der Waals surface area (Å²) < 4.78 is 19.1. The van der Waals surface area contributed by atoms with E-state index in [1.807, 2.05) is 36.4 Å². The van der Waals surface area contributed by atoms with Crippen LogP contribution in [-0.4, -0.2) is 0 Å². The van der Waals surface area contributed by atoms with Gasteiger partial charge in [-0.2, -0.15) is 0 Å². The summed E-state index contributed by atoms with van der Waals surface area (Å²) in [5.74, 6) is 0. The van der Waals surface area contributed by atoms with Crippen molar-refractivity contribution in [3.63, 3.8) is 0 Å². The molecule has 0 unspecified atom stereocenters. The Balaban J connectivity index is 0.975. The van der Waals surface area contributed by atoms with Crippen molar-refractivity contribution in [2.24, 2.45) is 0 Å². The highest BCUT2D eigenvalue weighted by molar-refractivity contribution is 6.15. The lowest BCUT2D eigenvalue weighted by molar-refractivity contribution is 0.668. The van der Waals surface area contributed by atoms with Gasteiger partial charge in [-0.15, -0.1) is 0 Å². The fraction of sp³-hybridized carbons (Fsp3) is 0. The lowest BCUT2D eigenvalue weighted by Crippen LogP contribution is -2.10. The van der Waals surface area contributed by atoms with Gasteiger partial charge < -0.3 is 18.2 Å². The van der Waals surface area contributed by atoms with E-state index in [2.05, 4.69) is 169 Å². The Morgan fingerprint density at radius 1 is 0.293 bits per heavy atom. The third-order valence-corrected chi connectivity index (χ3v) is 11.5. The smallest absolute Gasteiger partial charge is 0.143 e. The van der Waals surface area contributed by atoms with E-state index < -0.39 is 0 Å². The van der Waals surface area contributed by atoms with Crippen LogP contribution in [0.4, 0.5) is 17.1 Å². The van der Waals surface area contributed by atoms with Crippen LogP contribution in [0.15, 0.2) is 213 Å². The van der Waals surface area contributed by atoms with Crippen molar-refractivity contribution in [1.29, 1.82) is 0 Å². The molecule has 0 atom stereocenters. The molecule has 4 nitrogen and oxygen atoms in total. The quantitative estimate of drug-likeness (QED) is 0.170. The summed E-state index contributed by atoms with van der Waals surface area (Å²) in [5.41, 5.74) is 15.2. The molecule has 272 valence electrons. The molecule has 0 radical (unpaired) electrons. The number of furan rings is 3. The first-order chi connectivity index (χ1) is 28.7. The summed E-state index contributed by atoms with van der Waals surface area (Å²) in [6, 6.07) is 70.2. The largest absolute Gasteiger partial charge is 0.456 e. The molecule has 3 aromatic heterocycles. The van der Waals surface area contributed by atoms with Crippen molar-refractivity contribution in [2.45, 2.75) is 0 Å². The van der Waals surface area contributed by atoms with Crippen LogP contribution < -0.4 is 4.90 Å². The molecule has 0 saturated heterocycles. The van der Waals surface area contributed by atoms with Gasteiger partial charge in [0.25, 0.3) is 0 Å². The van der Waals surface area contributed by atoms with Crippen LogP contribution in [0.1, 0.15) is 0 Å². The molecule has 4 heteroatoms. The Morgan fingerprint density at radius 2 is 0.810 bits per heavy atom. The number of hydrogen-bond acceptors (Lipinski definition) is 4. The van der Waals surface area contributed by atoms with Gasteiger partial charge in [0.15, 0.2) is 0 Å². The Hall–Kier alpha value is -7.82. The van der Waals surface area contributed by atoms with Crippen molar-refractivity contribution >= 4 is 82.9 Å². The topological polar surface area (TPSA) is 42.7 Å². The van der Waals surface area contributed by atoms with Gasteiger partial charge in [0.05, 0.1) is 11.1 Å². The van der Waals surface area contributed by atoms with E-state index in [-0.39, 0.29) is 0 Å². The van der Waals surface area contributed by atoms with E-state index in [1.165, 1.54) is 0 Å². The minimum absolute atomic E-state index is 0.853. The summed E-state index contributed by atoms with van der Waals surface area (Å²) in [7, 11) is 0. The number of nitrogens with zero attached hydrogens (tertiary/aromatic N) is 1. The predicted molar refractivity (Wildman–Crippen MR) is 239 cm³/mol. The van der Waals surface area contributed by atoms with Crippen LogP contribution in [-0.2, 0) is 0 Å². The third-order valence-electron chi connectivity index (χ3n) is 11.5. The van der Waals surface area contributed by atoms with Crippen molar-refractivity contribution < 1.29 is 13.3 Å². The minimum Gasteiger partial charge on any atom is -0.456 e. The second kappa shape index (κ2) is 12.9. The maximum atomic E-state index is 6.49. The first kappa shape index (κ1) is 32.4. The number of para-hydroxylation sites is 3. The zero-order valence-electron chi connectivity index (χ0n) is 31.2. The Bertz CT molecular complexity index is 3500. The maximum Gasteiger partial charge on any atom is 0.143 e. The fourth-order valence-corrected chi connectivity index (χ4v) is 8.80. The van der Waals surface area contributed by atoms with Crippen LogP contribution >= 0.6 is 0 Å². The van der Waals surface area contributed by atoms with E-state index in [9.17, 15) is 0 Å². The second-order valence-electron chi connectivity index (χ2n) is 14.8. The average molecular weight is 744 g/mol. The van der Waals surface area contributed by atoms with Gasteiger partial charge in [-0.1, -0.05) is 133 Å². The minimum atomic E-state index is 0.853. The highest BCUT2D eigenvalue weighted by Gasteiger charge is 2.21. The highest BCUT2D eigenvalue weighted by Crippen LogP contribution is 2.45. The van der Waals surface area contributed by atoms with Gasteiger partial charge in [-0.05, 0) is 94.5 Å². The first-order valence-corrected chi connectivity index (χ1v) is 19.6. The Morgan fingerprint density at radius 3 is 1.55 bits per heavy atom. The summed E-state index contributed by atoms with van der Waals surface area (Å²) in [5, 5.41) is 6.63. The standard InChI is InChI=1S/C54H33NO3/c1-2-11-35(12-3-1)41-16-8-17-42-45-33-37(27-32-49(45)58-54(41)42)34-23-28-38(29-24-34)55(46-18-10-22-51-53(46)44-14-5-7-20-48(44)57-51)39-30-25-36(26-31-39)40-15-9-21-50-52(40)43-13-4-6-19-47(43)56-50/h1-33H. The van der Waals surface area contributed by atoms with Gasteiger partial charge in [0, 0.05) is 43.9 Å². The van der Waals surface area contributed by atoms with Gasteiger partial charge in [-0.25, -0.2) is 0 Å². The predicted octanol–water partition coefficient (Wildman–Crippen LogP) is 15.9. The molecule has 12 aromatic rings. The van der Waals surface area contributed by atoms with Crippen molar-refractivity contribution in [3.8, 4) is 33.4 Å². The summed E-state index contributed by atoms with van der Waals surface area (Å²) in [4.78, 5) is 2.34. The van der Waals surface area contributed by atoms with E-state index >= 15 is 0 Å². The summed E-state index contributed by atoms with van der Waals surface area (Å²) >= 11 is 0. The SMILES string of the molecule is c1ccc(-c2cccc3c2oc2ccc(-c4ccc(N(c5ccc(-c6cccc7oc8ccccc8c67)cc5)c5cccc6oc7ccccc7c56)cc4)cc23)cc1. The van der Waals surface area contributed by atoms with Crippen LogP contribution in [0, 0.1) is 0 Å². The molecule has 0 aliphatic rings. The summed E-state index contributed by atoms with van der Waals surface area (Å²) in [6.45, 7) is 0. The van der Waals surface area contributed by atoms with Crippen LogP contribution in [0.2, 0.25) is 0 Å². The number of anilines is 3. The van der Waals surface area contributed by atoms with Crippen LogP contribution in [0.5, 0.6) is 0 Å². The van der Waals surface area contributed by atoms with Gasteiger partial charge >= 0.3 is 0 Å². The molecule has 0 fully saturated rings. The number of rotatable bonds is 6. The molecule has 0 amide bonds. The van der Waals surface area contributed by atoms with E-state index in [0.29, 0.717) is 0 Å². The van der Waals surface area contributed by atoms with E-state index in [1.54, 1.807) is 0 Å². The molecule has 12 rings (SSSR count). The molecule has 0 N–H and O–H groups in total. The van der Waals surface area contributed by atoms with E-state index in [0.717, 1.165) is 116 Å². The van der Waals surface area contributed by atoms with Gasteiger partial charge in [-0.3, -0.25) is 0 Å². The van der Waals surface area contributed by atoms with Crippen molar-refractivity contribution in [2.75, 3.05) is 4.90 Å².